The Balaban J connectivity index is 1.72. The topological polar surface area (TPSA) is 57.2 Å². The van der Waals surface area contributed by atoms with Crippen LogP contribution in [0.15, 0.2) is 60.7 Å². The molecule has 0 aliphatic carbocycles. The van der Waals surface area contributed by atoms with Crippen molar-refractivity contribution < 1.29 is 24.1 Å². The minimum absolute atomic E-state index is 0.118. The van der Waals surface area contributed by atoms with E-state index in [4.69, 9.17) is 24.1 Å². The van der Waals surface area contributed by atoms with Crippen molar-refractivity contribution in [3.8, 4) is 0 Å². The Labute approximate surface area is 174 Å². The third-order valence-electron chi connectivity index (χ3n) is 4.49. The molecule has 0 saturated heterocycles. The van der Waals surface area contributed by atoms with Gasteiger partial charge in [-0.05, 0) is 31.4 Å². The Morgan fingerprint density at radius 2 is 1.34 bits per heavy atom. The predicted molar refractivity (Wildman–Crippen MR) is 113 cm³/mol. The number of aliphatic hydroxyl groups excluding tert-OH is 1. The van der Waals surface area contributed by atoms with Gasteiger partial charge in [-0.25, -0.2) is 0 Å². The summed E-state index contributed by atoms with van der Waals surface area (Å²) in [6.07, 6.45) is 0.900. The molecule has 0 radical (unpaired) electrons. The summed E-state index contributed by atoms with van der Waals surface area (Å²) < 4.78 is 23.4. The van der Waals surface area contributed by atoms with E-state index in [1.807, 2.05) is 74.5 Å². The van der Waals surface area contributed by atoms with Crippen LogP contribution in [0.25, 0.3) is 0 Å². The Morgan fingerprint density at radius 1 is 0.793 bits per heavy atom. The van der Waals surface area contributed by atoms with Gasteiger partial charge in [0.25, 0.3) is 0 Å². The summed E-state index contributed by atoms with van der Waals surface area (Å²) in [4.78, 5) is 0. The molecule has 2 aromatic carbocycles. The first-order chi connectivity index (χ1) is 14.1. The standard InChI is InChI=1S/C24H34O5/c1-24(2,14-15-25)29-18-17-26-16-13-23(27-19-21-9-5-3-6-10-21)28-20-22-11-7-4-8-12-22/h3-12,23,25H,13-20H2,1-2H3. The molecular formula is C24H34O5. The van der Waals surface area contributed by atoms with Gasteiger partial charge in [-0.1, -0.05) is 60.7 Å². The number of hydrogen-bond donors (Lipinski definition) is 1. The van der Waals surface area contributed by atoms with Crippen molar-refractivity contribution >= 4 is 0 Å². The molecule has 0 fully saturated rings. The molecule has 0 bridgehead atoms. The molecule has 160 valence electrons. The van der Waals surface area contributed by atoms with Crippen molar-refractivity contribution in [2.45, 2.75) is 51.8 Å². The summed E-state index contributed by atoms with van der Waals surface area (Å²) in [5.74, 6) is 0. The molecule has 0 spiro atoms. The lowest BCUT2D eigenvalue weighted by atomic mass is 10.1. The molecule has 29 heavy (non-hydrogen) atoms. The van der Waals surface area contributed by atoms with Crippen molar-refractivity contribution in [1.29, 1.82) is 0 Å². The molecule has 0 aromatic heterocycles. The maximum atomic E-state index is 9.03. The zero-order valence-electron chi connectivity index (χ0n) is 17.6. The molecule has 0 unspecified atom stereocenters. The van der Waals surface area contributed by atoms with E-state index in [2.05, 4.69) is 0 Å². The van der Waals surface area contributed by atoms with E-state index in [1.165, 1.54) is 0 Å². The summed E-state index contributed by atoms with van der Waals surface area (Å²) in [7, 11) is 0. The van der Waals surface area contributed by atoms with E-state index in [9.17, 15) is 0 Å². The lowest BCUT2D eigenvalue weighted by molar-refractivity contribution is -0.167. The molecule has 0 aliphatic heterocycles. The molecule has 0 heterocycles. The Hall–Kier alpha value is -1.76. The molecule has 0 amide bonds. The molecule has 0 atom stereocenters. The largest absolute Gasteiger partial charge is 0.396 e. The first-order valence-corrected chi connectivity index (χ1v) is 10.2. The smallest absolute Gasteiger partial charge is 0.160 e. The average molecular weight is 403 g/mol. The van der Waals surface area contributed by atoms with Crippen molar-refractivity contribution in [3.05, 3.63) is 71.8 Å². The number of hydrogen-bond acceptors (Lipinski definition) is 5. The average Bonchev–Trinajstić information content (AvgIpc) is 2.73. The van der Waals surface area contributed by atoms with Crippen LogP contribution >= 0.6 is 0 Å². The van der Waals surface area contributed by atoms with Crippen LogP contribution in [-0.2, 0) is 32.2 Å². The van der Waals surface area contributed by atoms with Gasteiger partial charge < -0.3 is 24.1 Å². The Morgan fingerprint density at radius 3 is 1.86 bits per heavy atom. The zero-order valence-corrected chi connectivity index (χ0v) is 17.6. The highest BCUT2D eigenvalue weighted by Crippen LogP contribution is 2.14. The maximum absolute atomic E-state index is 9.03. The van der Waals surface area contributed by atoms with Crippen LogP contribution < -0.4 is 0 Å². The van der Waals surface area contributed by atoms with Gasteiger partial charge in [0.15, 0.2) is 6.29 Å². The SMILES string of the molecule is CC(C)(CCO)OCCOCCC(OCc1ccccc1)OCc1ccccc1. The second-order valence-corrected chi connectivity index (χ2v) is 7.51. The van der Waals surface area contributed by atoms with E-state index in [0.29, 0.717) is 45.9 Å². The van der Waals surface area contributed by atoms with Crippen molar-refractivity contribution in [2.24, 2.45) is 0 Å². The van der Waals surface area contributed by atoms with E-state index >= 15 is 0 Å². The molecule has 0 aliphatic rings. The van der Waals surface area contributed by atoms with Crippen LogP contribution in [0, 0.1) is 0 Å². The first kappa shape index (κ1) is 23.5. The second-order valence-electron chi connectivity index (χ2n) is 7.51. The van der Waals surface area contributed by atoms with Gasteiger partial charge in [-0.3, -0.25) is 0 Å². The number of ether oxygens (including phenoxy) is 4. The van der Waals surface area contributed by atoms with Gasteiger partial charge >= 0.3 is 0 Å². The summed E-state index contributed by atoms with van der Waals surface area (Å²) in [6.45, 7) is 6.57. The summed E-state index contributed by atoms with van der Waals surface area (Å²) in [5, 5.41) is 9.03. The highest BCUT2D eigenvalue weighted by molar-refractivity contribution is 5.14. The fourth-order valence-electron chi connectivity index (χ4n) is 2.74. The lowest BCUT2D eigenvalue weighted by Gasteiger charge is -2.24. The van der Waals surface area contributed by atoms with Gasteiger partial charge in [0.05, 0.1) is 38.6 Å². The van der Waals surface area contributed by atoms with Gasteiger partial charge in [-0.2, -0.15) is 0 Å². The molecule has 5 nitrogen and oxygen atoms in total. The van der Waals surface area contributed by atoms with Crippen LogP contribution in [0.5, 0.6) is 0 Å². The molecule has 1 N–H and O–H groups in total. The van der Waals surface area contributed by atoms with Gasteiger partial charge in [0, 0.05) is 13.0 Å². The van der Waals surface area contributed by atoms with Crippen LogP contribution in [-0.4, -0.2) is 43.4 Å². The monoisotopic (exact) mass is 402 g/mol. The molecule has 2 rings (SSSR count). The van der Waals surface area contributed by atoms with Crippen molar-refractivity contribution in [1.82, 2.24) is 0 Å². The van der Waals surface area contributed by atoms with Crippen molar-refractivity contribution in [2.75, 3.05) is 26.4 Å². The van der Waals surface area contributed by atoms with Crippen molar-refractivity contribution in [3.63, 3.8) is 0 Å². The minimum Gasteiger partial charge on any atom is -0.396 e. The second kappa shape index (κ2) is 13.5. The quantitative estimate of drug-likeness (QED) is 0.355. The zero-order chi connectivity index (χ0) is 20.8. The highest BCUT2D eigenvalue weighted by Gasteiger charge is 2.17. The molecular weight excluding hydrogens is 368 g/mol. The maximum Gasteiger partial charge on any atom is 0.160 e. The fourth-order valence-corrected chi connectivity index (χ4v) is 2.74. The van der Waals surface area contributed by atoms with E-state index in [0.717, 1.165) is 11.1 Å². The van der Waals surface area contributed by atoms with Crippen LogP contribution in [0.1, 0.15) is 37.8 Å². The van der Waals surface area contributed by atoms with Crippen LogP contribution in [0.2, 0.25) is 0 Å². The van der Waals surface area contributed by atoms with E-state index in [-0.39, 0.29) is 18.5 Å². The number of benzene rings is 2. The first-order valence-electron chi connectivity index (χ1n) is 10.2. The normalized spacial score (nSPS) is 11.9. The molecule has 2 aromatic rings. The summed E-state index contributed by atoms with van der Waals surface area (Å²) in [6, 6.07) is 20.1. The number of rotatable bonds is 15. The summed E-state index contributed by atoms with van der Waals surface area (Å²) >= 11 is 0. The highest BCUT2D eigenvalue weighted by atomic mass is 16.7. The van der Waals surface area contributed by atoms with E-state index in [1.54, 1.807) is 0 Å². The fraction of sp³-hybridized carbons (Fsp3) is 0.500. The van der Waals surface area contributed by atoms with Gasteiger partial charge in [0.2, 0.25) is 0 Å². The minimum atomic E-state index is -0.345. The summed E-state index contributed by atoms with van der Waals surface area (Å²) in [5.41, 5.74) is 1.89. The molecule has 0 saturated carbocycles. The third kappa shape index (κ3) is 10.5. The lowest BCUT2D eigenvalue weighted by Crippen LogP contribution is -2.28. The van der Waals surface area contributed by atoms with Crippen LogP contribution in [0.4, 0.5) is 0 Å². The van der Waals surface area contributed by atoms with Crippen LogP contribution in [0.3, 0.4) is 0 Å². The number of aliphatic hydroxyl groups is 1. The van der Waals surface area contributed by atoms with E-state index < -0.39 is 0 Å². The van der Waals surface area contributed by atoms with Gasteiger partial charge in [-0.15, -0.1) is 0 Å². The van der Waals surface area contributed by atoms with Gasteiger partial charge in [0.1, 0.15) is 0 Å². The molecule has 5 heteroatoms. The third-order valence-corrected chi connectivity index (χ3v) is 4.49. The Kier molecular flexibility index (Phi) is 10.9. The Bertz CT molecular complexity index is 601. The predicted octanol–water partition coefficient (Wildman–Crippen LogP) is 4.33.